The minimum Gasteiger partial charge on any atom is -0.381 e. The smallest absolute Gasteiger partial charge is 0.231 e. The summed E-state index contributed by atoms with van der Waals surface area (Å²) < 4.78 is 5.37. The number of hydrogen-bond acceptors (Lipinski definition) is 7. The van der Waals surface area contributed by atoms with Crippen LogP contribution in [0, 0.1) is 5.92 Å². The Morgan fingerprint density at radius 3 is 2.55 bits per heavy atom. The molecule has 0 saturated carbocycles. The fourth-order valence-electron chi connectivity index (χ4n) is 1.94. The van der Waals surface area contributed by atoms with E-state index in [2.05, 4.69) is 32.5 Å². The van der Waals surface area contributed by atoms with E-state index in [0.717, 1.165) is 39.1 Å². The first-order valence-corrected chi connectivity index (χ1v) is 7.18. The predicted molar refractivity (Wildman–Crippen MR) is 80.4 cm³/mol. The highest BCUT2D eigenvalue weighted by molar-refractivity contribution is 5.42. The molecule has 0 aromatic carbocycles. The number of ether oxygens (including phenoxy) is 1. The van der Waals surface area contributed by atoms with E-state index in [9.17, 15) is 0 Å². The van der Waals surface area contributed by atoms with Crippen LogP contribution in [0.5, 0.6) is 0 Å². The molecule has 2 rings (SSSR count). The molecule has 0 radical (unpaired) electrons. The summed E-state index contributed by atoms with van der Waals surface area (Å²) in [5.41, 5.74) is 0. The molecular formula is C13H24N6O. The second-order valence-corrected chi connectivity index (χ2v) is 5.21. The Balaban J connectivity index is 2.02. The standard InChI is InChI=1S/C13H24N6O/c1-4-6-14-11-16-12(18-13(17-11)19(2)3)15-8-10-5-7-20-9-10/h10H,4-9H2,1-3H3,(H2,14,15,16,17,18). The van der Waals surface area contributed by atoms with Crippen LogP contribution in [-0.4, -0.2) is 55.4 Å². The molecule has 1 atom stereocenters. The van der Waals surface area contributed by atoms with E-state index in [4.69, 9.17) is 4.74 Å². The number of nitrogens with one attached hydrogen (secondary N) is 2. The lowest BCUT2D eigenvalue weighted by molar-refractivity contribution is 0.187. The third kappa shape index (κ3) is 4.19. The number of rotatable bonds is 7. The van der Waals surface area contributed by atoms with Crippen LogP contribution < -0.4 is 15.5 Å². The lowest BCUT2D eigenvalue weighted by atomic mass is 10.1. The van der Waals surface area contributed by atoms with Gasteiger partial charge in [0.2, 0.25) is 17.8 Å². The molecule has 1 aromatic rings. The molecule has 2 heterocycles. The van der Waals surface area contributed by atoms with Crippen LogP contribution >= 0.6 is 0 Å². The highest BCUT2D eigenvalue weighted by Crippen LogP contribution is 2.15. The zero-order valence-electron chi connectivity index (χ0n) is 12.5. The van der Waals surface area contributed by atoms with Crippen molar-refractivity contribution in [1.82, 2.24) is 15.0 Å². The summed E-state index contributed by atoms with van der Waals surface area (Å²) in [6, 6.07) is 0. The molecule has 0 spiro atoms. The van der Waals surface area contributed by atoms with E-state index in [0.29, 0.717) is 23.8 Å². The van der Waals surface area contributed by atoms with Crippen molar-refractivity contribution >= 4 is 17.8 Å². The van der Waals surface area contributed by atoms with Gasteiger partial charge in [0.15, 0.2) is 0 Å². The van der Waals surface area contributed by atoms with Gasteiger partial charge in [0, 0.05) is 39.7 Å². The molecule has 0 aliphatic carbocycles. The molecule has 0 bridgehead atoms. The van der Waals surface area contributed by atoms with Gasteiger partial charge in [-0.05, 0) is 12.8 Å². The number of aromatic nitrogens is 3. The first-order valence-electron chi connectivity index (χ1n) is 7.18. The molecule has 2 N–H and O–H groups in total. The fraction of sp³-hybridized carbons (Fsp3) is 0.769. The van der Waals surface area contributed by atoms with Gasteiger partial charge in [-0.3, -0.25) is 0 Å². The summed E-state index contributed by atoms with van der Waals surface area (Å²) >= 11 is 0. The minimum absolute atomic E-state index is 0.543. The summed E-state index contributed by atoms with van der Waals surface area (Å²) in [7, 11) is 3.85. The molecule has 1 saturated heterocycles. The van der Waals surface area contributed by atoms with Gasteiger partial charge in [-0.1, -0.05) is 6.92 Å². The van der Waals surface area contributed by atoms with E-state index in [1.807, 2.05) is 19.0 Å². The molecular weight excluding hydrogens is 256 g/mol. The maximum Gasteiger partial charge on any atom is 0.231 e. The maximum absolute atomic E-state index is 5.37. The molecule has 1 fully saturated rings. The van der Waals surface area contributed by atoms with Gasteiger partial charge >= 0.3 is 0 Å². The largest absolute Gasteiger partial charge is 0.381 e. The molecule has 1 unspecified atom stereocenters. The van der Waals surface area contributed by atoms with Crippen molar-refractivity contribution in [2.45, 2.75) is 19.8 Å². The molecule has 1 aliphatic rings. The summed E-state index contributed by atoms with van der Waals surface area (Å²) in [6.45, 7) is 5.48. The van der Waals surface area contributed by atoms with Gasteiger partial charge < -0.3 is 20.3 Å². The Kier molecular flexibility index (Phi) is 5.34. The zero-order valence-corrected chi connectivity index (χ0v) is 12.5. The summed E-state index contributed by atoms with van der Waals surface area (Å²) in [4.78, 5) is 15.1. The second kappa shape index (κ2) is 7.23. The molecule has 20 heavy (non-hydrogen) atoms. The zero-order chi connectivity index (χ0) is 14.4. The molecule has 112 valence electrons. The summed E-state index contributed by atoms with van der Waals surface area (Å²) in [5.74, 6) is 2.44. The van der Waals surface area contributed by atoms with Crippen LogP contribution in [0.15, 0.2) is 0 Å². The van der Waals surface area contributed by atoms with Crippen molar-refractivity contribution in [3.8, 4) is 0 Å². The number of anilines is 3. The molecule has 7 nitrogen and oxygen atoms in total. The third-order valence-electron chi connectivity index (χ3n) is 3.13. The lowest BCUT2D eigenvalue weighted by Crippen LogP contribution is -2.20. The van der Waals surface area contributed by atoms with E-state index in [-0.39, 0.29) is 0 Å². The van der Waals surface area contributed by atoms with E-state index in [1.165, 1.54) is 0 Å². The Hall–Kier alpha value is -1.63. The van der Waals surface area contributed by atoms with Gasteiger partial charge in [-0.15, -0.1) is 0 Å². The van der Waals surface area contributed by atoms with E-state index in [1.54, 1.807) is 0 Å². The topological polar surface area (TPSA) is 75.2 Å². The van der Waals surface area contributed by atoms with Gasteiger partial charge in [-0.2, -0.15) is 15.0 Å². The molecule has 1 aliphatic heterocycles. The SMILES string of the molecule is CCCNc1nc(NCC2CCOC2)nc(N(C)C)n1. The van der Waals surface area contributed by atoms with Crippen LogP contribution in [-0.2, 0) is 4.74 Å². The molecule has 1 aromatic heterocycles. The van der Waals surface area contributed by atoms with Crippen molar-refractivity contribution in [3.05, 3.63) is 0 Å². The first-order chi connectivity index (χ1) is 9.69. The van der Waals surface area contributed by atoms with Gasteiger partial charge in [-0.25, -0.2) is 0 Å². The number of nitrogens with zero attached hydrogens (tertiary/aromatic N) is 4. The Bertz CT molecular complexity index is 419. The summed E-state index contributed by atoms with van der Waals surface area (Å²) in [6.07, 6.45) is 2.13. The van der Waals surface area contributed by atoms with Gasteiger partial charge in [0.05, 0.1) is 6.61 Å². The maximum atomic E-state index is 5.37. The minimum atomic E-state index is 0.543. The second-order valence-electron chi connectivity index (χ2n) is 5.21. The fourth-order valence-corrected chi connectivity index (χ4v) is 1.94. The quantitative estimate of drug-likeness (QED) is 0.777. The Labute approximate surface area is 120 Å². The normalized spacial score (nSPS) is 18.1. The van der Waals surface area contributed by atoms with Crippen molar-refractivity contribution in [1.29, 1.82) is 0 Å². The van der Waals surface area contributed by atoms with Crippen LogP contribution in [0.25, 0.3) is 0 Å². The van der Waals surface area contributed by atoms with Crippen molar-refractivity contribution in [3.63, 3.8) is 0 Å². The predicted octanol–water partition coefficient (Wildman–Crippen LogP) is 1.21. The Morgan fingerprint density at radius 2 is 1.95 bits per heavy atom. The van der Waals surface area contributed by atoms with Crippen molar-refractivity contribution < 1.29 is 4.74 Å². The van der Waals surface area contributed by atoms with E-state index >= 15 is 0 Å². The monoisotopic (exact) mass is 280 g/mol. The molecule has 7 heteroatoms. The van der Waals surface area contributed by atoms with Crippen LogP contribution in [0.4, 0.5) is 17.8 Å². The van der Waals surface area contributed by atoms with Crippen LogP contribution in [0.1, 0.15) is 19.8 Å². The van der Waals surface area contributed by atoms with Crippen molar-refractivity contribution in [2.75, 3.05) is 55.9 Å². The van der Waals surface area contributed by atoms with Crippen LogP contribution in [0.3, 0.4) is 0 Å². The highest BCUT2D eigenvalue weighted by Gasteiger charge is 2.16. The third-order valence-corrected chi connectivity index (χ3v) is 3.13. The van der Waals surface area contributed by atoms with Crippen LogP contribution in [0.2, 0.25) is 0 Å². The van der Waals surface area contributed by atoms with Gasteiger partial charge in [0.25, 0.3) is 0 Å². The van der Waals surface area contributed by atoms with E-state index < -0.39 is 0 Å². The highest BCUT2D eigenvalue weighted by atomic mass is 16.5. The number of hydrogen-bond donors (Lipinski definition) is 2. The molecule has 0 amide bonds. The first kappa shape index (κ1) is 14.8. The lowest BCUT2D eigenvalue weighted by Gasteiger charge is -2.15. The Morgan fingerprint density at radius 1 is 1.20 bits per heavy atom. The average molecular weight is 280 g/mol. The summed E-state index contributed by atoms with van der Waals surface area (Å²) in [5, 5.41) is 6.49. The van der Waals surface area contributed by atoms with Crippen molar-refractivity contribution in [2.24, 2.45) is 5.92 Å². The van der Waals surface area contributed by atoms with Gasteiger partial charge in [0.1, 0.15) is 0 Å². The average Bonchev–Trinajstić information content (AvgIpc) is 2.96.